The van der Waals surface area contributed by atoms with Crippen LogP contribution in [0.2, 0.25) is 5.02 Å². The molecule has 0 fully saturated rings. The predicted octanol–water partition coefficient (Wildman–Crippen LogP) is 1.84. The van der Waals surface area contributed by atoms with E-state index in [1.165, 1.54) is 4.68 Å². The molecule has 2 aromatic heterocycles. The molecule has 0 saturated heterocycles. The highest BCUT2D eigenvalue weighted by atomic mass is 35.5. The molecule has 0 bridgehead atoms. The lowest BCUT2D eigenvalue weighted by molar-refractivity contribution is 0.174. The number of aromatic nitrogens is 4. The van der Waals surface area contributed by atoms with E-state index in [0.717, 1.165) is 0 Å². The summed E-state index contributed by atoms with van der Waals surface area (Å²) in [4.78, 5) is 16.7. The first-order chi connectivity index (χ1) is 13.3. The van der Waals surface area contributed by atoms with Crippen LogP contribution in [0.25, 0.3) is 0 Å². The van der Waals surface area contributed by atoms with Gasteiger partial charge in [-0.2, -0.15) is 10.1 Å². The summed E-state index contributed by atoms with van der Waals surface area (Å²) in [7, 11) is 0. The molecule has 0 aliphatic rings. The zero-order chi connectivity index (χ0) is 20.3. The summed E-state index contributed by atoms with van der Waals surface area (Å²) in [5.74, 6) is 0.545. The second-order valence-electron chi connectivity index (χ2n) is 6.69. The third kappa shape index (κ3) is 4.83. The first kappa shape index (κ1) is 20.2. The van der Waals surface area contributed by atoms with E-state index in [0.29, 0.717) is 34.0 Å². The topological polar surface area (TPSA) is 114 Å². The summed E-state index contributed by atoms with van der Waals surface area (Å²) >= 11 is 5.85. The minimum absolute atomic E-state index is 0.0265. The lowest BCUT2D eigenvalue weighted by Crippen LogP contribution is -2.27. The van der Waals surface area contributed by atoms with Gasteiger partial charge in [0.15, 0.2) is 5.82 Å². The summed E-state index contributed by atoms with van der Waals surface area (Å²) in [6.07, 6.45) is 0.736. The Balaban J connectivity index is 1.70. The Morgan fingerprint density at radius 3 is 2.61 bits per heavy atom. The third-order valence-electron chi connectivity index (χ3n) is 4.33. The van der Waals surface area contributed by atoms with Gasteiger partial charge in [0.1, 0.15) is 6.54 Å². The molecule has 3 aromatic rings. The van der Waals surface area contributed by atoms with Gasteiger partial charge < -0.3 is 14.7 Å². The largest absolute Gasteiger partial charge is 0.393 e. The molecule has 28 heavy (non-hydrogen) atoms. The molecule has 2 heterocycles. The maximum Gasteiger partial charge on any atom is 0.270 e. The van der Waals surface area contributed by atoms with E-state index in [-0.39, 0.29) is 24.4 Å². The van der Waals surface area contributed by atoms with Crippen LogP contribution in [-0.4, -0.2) is 36.2 Å². The lowest BCUT2D eigenvalue weighted by atomic mass is 10.1. The van der Waals surface area contributed by atoms with E-state index < -0.39 is 12.2 Å². The molecule has 9 heteroatoms. The molecular formula is C19H21ClN4O4. The quantitative estimate of drug-likeness (QED) is 0.617. The Kier molecular flexibility index (Phi) is 6.23. The Bertz CT molecular complexity index is 998. The van der Waals surface area contributed by atoms with Crippen molar-refractivity contribution in [3.8, 4) is 0 Å². The number of hydrogen-bond acceptors (Lipinski definition) is 7. The second-order valence-corrected chi connectivity index (χ2v) is 7.12. The van der Waals surface area contributed by atoms with Crippen molar-refractivity contribution in [1.29, 1.82) is 0 Å². The minimum Gasteiger partial charge on any atom is -0.393 e. The molecule has 0 radical (unpaired) electrons. The molecule has 2 atom stereocenters. The van der Waals surface area contributed by atoms with Gasteiger partial charge in [-0.1, -0.05) is 28.9 Å². The lowest BCUT2D eigenvalue weighted by Gasteiger charge is -2.09. The summed E-state index contributed by atoms with van der Waals surface area (Å²) in [6.45, 7) is 3.38. The number of nitrogens with zero attached hydrogens (tertiary/aromatic N) is 4. The van der Waals surface area contributed by atoms with Gasteiger partial charge in [0.05, 0.1) is 18.4 Å². The number of hydrogen-bond donors (Lipinski definition) is 2. The summed E-state index contributed by atoms with van der Waals surface area (Å²) in [5.41, 5.74) is 1.64. The van der Waals surface area contributed by atoms with Gasteiger partial charge >= 0.3 is 0 Å². The van der Waals surface area contributed by atoms with Crippen molar-refractivity contribution in [3.63, 3.8) is 0 Å². The van der Waals surface area contributed by atoms with Gasteiger partial charge in [0, 0.05) is 23.4 Å². The highest BCUT2D eigenvalue weighted by Gasteiger charge is 2.16. The number of benzene rings is 1. The maximum absolute atomic E-state index is 12.5. The molecule has 148 valence electrons. The SMILES string of the molecule is Cc1c(C[C@@H](C)O)cnn(Cc2nc(C[C@H](O)c3ccc(Cl)cc3)no2)c1=O. The Morgan fingerprint density at radius 1 is 1.21 bits per heavy atom. The van der Waals surface area contributed by atoms with Gasteiger partial charge in [-0.05, 0) is 37.1 Å². The molecule has 3 rings (SSSR count). The van der Waals surface area contributed by atoms with Gasteiger partial charge in [-0.25, -0.2) is 4.68 Å². The number of rotatable bonds is 7. The summed E-state index contributed by atoms with van der Waals surface area (Å²) < 4.78 is 6.41. The first-order valence-electron chi connectivity index (χ1n) is 8.82. The highest BCUT2D eigenvalue weighted by molar-refractivity contribution is 6.30. The first-order valence-corrected chi connectivity index (χ1v) is 9.20. The predicted molar refractivity (Wildman–Crippen MR) is 102 cm³/mol. The molecule has 0 aliphatic heterocycles. The third-order valence-corrected chi connectivity index (χ3v) is 4.58. The van der Waals surface area contributed by atoms with Crippen molar-refractivity contribution in [3.05, 3.63) is 74.2 Å². The monoisotopic (exact) mass is 404 g/mol. The fourth-order valence-electron chi connectivity index (χ4n) is 2.80. The van der Waals surface area contributed by atoms with Crippen molar-refractivity contribution >= 4 is 11.6 Å². The van der Waals surface area contributed by atoms with Crippen LogP contribution in [0, 0.1) is 6.92 Å². The minimum atomic E-state index is -0.800. The number of aliphatic hydroxyl groups excluding tert-OH is 2. The van der Waals surface area contributed by atoms with Crippen molar-refractivity contribution in [1.82, 2.24) is 19.9 Å². The Labute approximate surface area is 166 Å². The molecule has 0 unspecified atom stereocenters. The van der Waals surface area contributed by atoms with Crippen LogP contribution in [0.3, 0.4) is 0 Å². The van der Waals surface area contributed by atoms with Crippen LogP contribution in [0.4, 0.5) is 0 Å². The van der Waals surface area contributed by atoms with Crippen LogP contribution in [-0.2, 0) is 19.4 Å². The molecule has 0 saturated carbocycles. The summed E-state index contributed by atoms with van der Waals surface area (Å²) in [5, 5.41) is 28.4. The van der Waals surface area contributed by atoms with Crippen molar-refractivity contribution < 1.29 is 14.7 Å². The van der Waals surface area contributed by atoms with Gasteiger partial charge in [-0.15, -0.1) is 0 Å². The zero-order valence-electron chi connectivity index (χ0n) is 15.5. The van der Waals surface area contributed by atoms with Crippen molar-refractivity contribution in [2.45, 2.75) is 45.4 Å². The van der Waals surface area contributed by atoms with Gasteiger partial charge in [0.2, 0.25) is 5.89 Å². The maximum atomic E-state index is 12.5. The highest BCUT2D eigenvalue weighted by Crippen LogP contribution is 2.19. The van der Waals surface area contributed by atoms with Crippen LogP contribution in [0.15, 0.2) is 39.8 Å². The molecule has 0 spiro atoms. The van der Waals surface area contributed by atoms with E-state index in [4.69, 9.17) is 16.1 Å². The zero-order valence-corrected chi connectivity index (χ0v) is 16.3. The second kappa shape index (κ2) is 8.64. The number of halogens is 1. The molecule has 0 aliphatic carbocycles. The molecule has 0 amide bonds. The van der Waals surface area contributed by atoms with Crippen molar-refractivity contribution in [2.24, 2.45) is 0 Å². The van der Waals surface area contributed by atoms with Gasteiger partial charge in [-0.3, -0.25) is 4.79 Å². The van der Waals surface area contributed by atoms with Crippen LogP contribution < -0.4 is 5.56 Å². The van der Waals surface area contributed by atoms with Gasteiger partial charge in [0.25, 0.3) is 5.56 Å². The Morgan fingerprint density at radius 2 is 1.93 bits per heavy atom. The van der Waals surface area contributed by atoms with E-state index in [1.54, 1.807) is 44.3 Å². The molecular weight excluding hydrogens is 384 g/mol. The fraction of sp³-hybridized carbons (Fsp3) is 0.368. The van der Waals surface area contributed by atoms with E-state index in [1.807, 2.05) is 0 Å². The molecule has 2 N–H and O–H groups in total. The van der Waals surface area contributed by atoms with E-state index >= 15 is 0 Å². The fourth-order valence-corrected chi connectivity index (χ4v) is 2.92. The average molecular weight is 405 g/mol. The van der Waals surface area contributed by atoms with E-state index in [2.05, 4.69) is 15.2 Å². The van der Waals surface area contributed by atoms with Crippen LogP contribution in [0.5, 0.6) is 0 Å². The average Bonchev–Trinajstić information content (AvgIpc) is 3.08. The normalized spacial score (nSPS) is 13.5. The van der Waals surface area contributed by atoms with Crippen molar-refractivity contribution in [2.75, 3.05) is 0 Å². The molecule has 8 nitrogen and oxygen atoms in total. The number of aliphatic hydroxyl groups is 2. The standard InChI is InChI=1S/C19H21ClN4O4/c1-11(25)7-14-9-21-24(19(27)12(14)2)10-18-22-17(23-28-18)8-16(26)13-3-5-15(20)6-4-13/h3-6,9,11,16,25-26H,7-8,10H2,1-2H3/t11-,16+/m1/s1. The molecule has 1 aromatic carbocycles. The smallest absolute Gasteiger partial charge is 0.270 e. The van der Waals surface area contributed by atoms with E-state index in [9.17, 15) is 15.0 Å². The summed E-state index contributed by atoms with van der Waals surface area (Å²) in [6, 6.07) is 6.86. The van der Waals surface area contributed by atoms with Crippen LogP contribution in [0.1, 0.15) is 41.4 Å². The Hall–Kier alpha value is -2.55. The van der Waals surface area contributed by atoms with Crippen LogP contribution >= 0.6 is 11.6 Å².